The molecule has 1 aliphatic heterocycles. The summed E-state index contributed by atoms with van der Waals surface area (Å²) >= 11 is 0. The Hall–Kier alpha value is -2.71. The van der Waals surface area contributed by atoms with Gasteiger partial charge in [-0.15, -0.1) is 0 Å². The second-order valence-corrected chi connectivity index (χ2v) is 5.71. The number of nitriles is 1. The monoisotopic (exact) mass is 307 g/mol. The quantitative estimate of drug-likeness (QED) is 0.938. The molecule has 5 nitrogen and oxygen atoms in total. The van der Waals surface area contributed by atoms with E-state index in [1.54, 1.807) is 35.4 Å². The van der Waals surface area contributed by atoms with Gasteiger partial charge in [-0.25, -0.2) is 0 Å². The molecule has 0 bridgehead atoms. The zero-order valence-corrected chi connectivity index (χ0v) is 12.6. The molecule has 2 aromatic rings. The van der Waals surface area contributed by atoms with Gasteiger partial charge in [0.1, 0.15) is 0 Å². The van der Waals surface area contributed by atoms with Gasteiger partial charge in [-0.1, -0.05) is 12.1 Å². The van der Waals surface area contributed by atoms with E-state index < -0.39 is 0 Å². The first-order chi connectivity index (χ1) is 11.2. The number of aliphatic hydroxyl groups excluding tert-OH is 1. The van der Waals surface area contributed by atoms with Gasteiger partial charge >= 0.3 is 0 Å². The van der Waals surface area contributed by atoms with Crippen molar-refractivity contribution in [1.29, 1.82) is 5.26 Å². The van der Waals surface area contributed by atoms with Gasteiger partial charge in [0.15, 0.2) is 0 Å². The van der Waals surface area contributed by atoms with Crippen molar-refractivity contribution in [3.05, 3.63) is 65.5 Å². The number of benzene rings is 1. The first-order valence-corrected chi connectivity index (χ1v) is 7.54. The Morgan fingerprint density at radius 1 is 1.30 bits per heavy atom. The SMILES string of the molecule is N#Cc1cccc(C(=O)N2C[C@@H](CO)[C@H](c3ccccn3)C2)c1. The van der Waals surface area contributed by atoms with Crippen LogP contribution in [0.4, 0.5) is 0 Å². The molecule has 2 heterocycles. The molecule has 0 unspecified atom stereocenters. The van der Waals surface area contributed by atoms with E-state index in [4.69, 9.17) is 5.26 Å². The van der Waals surface area contributed by atoms with Gasteiger partial charge in [-0.2, -0.15) is 5.26 Å². The van der Waals surface area contributed by atoms with E-state index in [9.17, 15) is 9.90 Å². The zero-order chi connectivity index (χ0) is 16.2. The molecule has 0 saturated carbocycles. The minimum absolute atomic E-state index is 0.0171. The highest BCUT2D eigenvalue weighted by atomic mass is 16.3. The summed E-state index contributed by atoms with van der Waals surface area (Å²) in [7, 11) is 0. The van der Waals surface area contributed by atoms with Gasteiger partial charge in [-0.3, -0.25) is 9.78 Å². The number of aromatic nitrogens is 1. The molecule has 0 radical (unpaired) electrons. The van der Waals surface area contributed by atoms with E-state index >= 15 is 0 Å². The maximum Gasteiger partial charge on any atom is 0.253 e. The number of hydrogen-bond donors (Lipinski definition) is 1. The van der Waals surface area contributed by atoms with Crippen molar-refractivity contribution >= 4 is 5.91 Å². The van der Waals surface area contributed by atoms with Gasteiger partial charge < -0.3 is 10.0 Å². The molecule has 23 heavy (non-hydrogen) atoms. The highest BCUT2D eigenvalue weighted by Gasteiger charge is 2.36. The van der Waals surface area contributed by atoms with Crippen LogP contribution in [0.2, 0.25) is 0 Å². The Balaban J connectivity index is 1.82. The van der Waals surface area contributed by atoms with Crippen LogP contribution in [-0.2, 0) is 0 Å². The maximum absolute atomic E-state index is 12.7. The molecular formula is C18H17N3O2. The first-order valence-electron chi connectivity index (χ1n) is 7.54. The van der Waals surface area contributed by atoms with Crippen LogP contribution in [0, 0.1) is 17.2 Å². The largest absolute Gasteiger partial charge is 0.396 e. The lowest BCUT2D eigenvalue weighted by molar-refractivity contribution is 0.0781. The number of carbonyl (C=O) groups is 1. The molecule has 1 aromatic carbocycles. The molecule has 1 fully saturated rings. The van der Waals surface area contributed by atoms with E-state index in [0.717, 1.165) is 5.69 Å². The van der Waals surface area contributed by atoms with Crippen molar-refractivity contribution in [3.63, 3.8) is 0 Å². The average molecular weight is 307 g/mol. The van der Waals surface area contributed by atoms with E-state index in [0.29, 0.717) is 24.2 Å². The predicted octanol–water partition coefficient (Wildman–Crippen LogP) is 1.80. The van der Waals surface area contributed by atoms with Gasteiger partial charge in [0.2, 0.25) is 0 Å². The van der Waals surface area contributed by atoms with E-state index in [2.05, 4.69) is 4.98 Å². The number of hydrogen-bond acceptors (Lipinski definition) is 4. The zero-order valence-electron chi connectivity index (χ0n) is 12.6. The number of likely N-dealkylation sites (tertiary alicyclic amines) is 1. The fourth-order valence-corrected chi connectivity index (χ4v) is 3.06. The van der Waals surface area contributed by atoms with Crippen LogP contribution in [0.3, 0.4) is 0 Å². The molecule has 1 aliphatic rings. The molecule has 0 spiro atoms. The van der Waals surface area contributed by atoms with Crippen molar-refractivity contribution in [3.8, 4) is 6.07 Å². The second kappa shape index (κ2) is 6.59. The predicted molar refractivity (Wildman–Crippen MR) is 84.6 cm³/mol. The Morgan fingerprint density at radius 3 is 2.87 bits per heavy atom. The van der Waals surface area contributed by atoms with E-state index in [1.807, 2.05) is 24.3 Å². The summed E-state index contributed by atoms with van der Waals surface area (Å²) in [6.07, 6.45) is 1.73. The van der Waals surface area contributed by atoms with E-state index in [1.165, 1.54) is 0 Å². The van der Waals surface area contributed by atoms with Crippen LogP contribution in [0.15, 0.2) is 48.7 Å². The Morgan fingerprint density at radius 2 is 2.17 bits per heavy atom. The number of nitrogens with zero attached hydrogens (tertiary/aromatic N) is 3. The molecule has 2 atom stereocenters. The highest BCUT2D eigenvalue weighted by Crippen LogP contribution is 2.32. The molecule has 1 saturated heterocycles. The third-order valence-corrected chi connectivity index (χ3v) is 4.27. The summed E-state index contributed by atoms with van der Waals surface area (Å²) in [5, 5.41) is 18.6. The van der Waals surface area contributed by atoms with Gasteiger partial charge in [0.05, 0.1) is 11.6 Å². The molecule has 116 valence electrons. The van der Waals surface area contributed by atoms with Crippen LogP contribution in [0.1, 0.15) is 27.5 Å². The summed E-state index contributed by atoms with van der Waals surface area (Å²) in [6.45, 7) is 1.04. The molecule has 1 aromatic heterocycles. The third-order valence-electron chi connectivity index (χ3n) is 4.27. The fraction of sp³-hybridized carbons (Fsp3) is 0.278. The lowest BCUT2D eigenvalue weighted by Gasteiger charge is -2.16. The minimum atomic E-state index is -0.112. The molecule has 5 heteroatoms. The van der Waals surface area contributed by atoms with Gasteiger partial charge in [-0.05, 0) is 30.3 Å². The van der Waals surface area contributed by atoms with Crippen molar-refractivity contribution < 1.29 is 9.90 Å². The lowest BCUT2D eigenvalue weighted by atomic mass is 9.93. The lowest BCUT2D eigenvalue weighted by Crippen LogP contribution is -2.29. The average Bonchev–Trinajstić information content (AvgIpc) is 3.06. The van der Waals surface area contributed by atoms with Gasteiger partial charge in [0, 0.05) is 49.0 Å². The summed E-state index contributed by atoms with van der Waals surface area (Å²) < 4.78 is 0. The summed E-state index contributed by atoms with van der Waals surface area (Å²) in [6, 6.07) is 14.4. The number of carbonyl (C=O) groups excluding carboxylic acids is 1. The molecule has 0 aliphatic carbocycles. The molecule has 1 N–H and O–H groups in total. The molecule has 1 amide bonds. The fourth-order valence-electron chi connectivity index (χ4n) is 3.06. The number of rotatable bonds is 3. The second-order valence-electron chi connectivity index (χ2n) is 5.71. The number of amides is 1. The standard InChI is InChI=1S/C18H17N3O2/c19-9-13-4-3-5-14(8-13)18(23)21-10-15(12-22)16(11-21)17-6-1-2-7-20-17/h1-8,15-16,22H,10-12H2/t15-,16+/m0/s1. The third kappa shape index (κ3) is 3.08. The normalized spacial score (nSPS) is 20.3. The Bertz CT molecular complexity index is 739. The van der Waals surface area contributed by atoms with E-state index in [-0.39, 0.29) is 24.3 Å². The first kappa shape index (κ1) is 15.2. The Labute approximate surface area is 134 Å². The molecular weight excluding hydrogens is 290 g/mol. The van der Waals surface area contributed by atoms with Crippen LogP contribution in [-0.4, -0.2) is 40.6 Å². The summed E-state index contributed by atoms with van der Waals surface area (Å²) in [4.78, 5) is 18.8. The van der Waals surface area contributed by atoms with Crippen LogP contribution in [0.25, 0.3) is 0 Å². The summed E-state index contributed by atoms with van der Waals surface area (Å²) in [5.74, 6) is -0.101. The maximum atomic E-state index is 12.7. The number of pyridine rings is 1. The van der Waals surface area contributed by atoms with Crippen molar-refractivity contribution in [2.24, 2.45) is 5.92 Å². The smallest absolute Gasteiger partial charge is 0.253 e. The minimum Gasteiger partial charge on any atom is -0.396 e. The number of aliphatic hydroxyl groups is 1. The van der Waals surface area contributed by atoms with Crippen molar-refractivity contribution in [2.45, 2.75) is 5.92 Å². The van der Waals surface area contributed by atoms with Crippen molar-refractivity contribution in [2.75, 3.05) is 19.7 Å². The van der Waals surface area contributed by atoms with Crippen molar-refractivity contribution in [1.82, 2.24) is 9.88 Å². The Kier molecular flexibility index (Phi) is 4.35. The topological polar surface area (TPSA) is 77.2 Å². The highest BCUT2D eigenvalue weighted by molar-refractivity contribution is 5.94. The molecule has 3 rings (SSSR count). The van der Waals surface area contributed by atoms with Crippen LogP contribution < -0.4 is 0 Å². The van der Waals surface area contributed by atoms with Gasteiger partial charge in [0.25, 0.3) is 5.91 Å². The summed E-state index contributed by atoms with van der Waals surface area (Å²) in [5.41, 5.74) is 1.87. The van der Waals surface area contributed by atoms with Crippen LogP contribution in [0.5, 0.6) is 0 Å². The van der Waals surface area contributed by atoms with Crippen LogP contribution >= 0.6 is 0 Å².